The molecule has 4 rings (SSSR count). The normalized spacial score (nSPS) is 17.6. The van der Waals surface area contributed by atoms with Crippen LogP contribution in [0.25, 0.3) is 0 Å². The highest BCUT2D eigenvalue weighted by atomic mass is 19.1. The van der Waals surface area contributed by atoms with E-state index in [9.17, 15) is 13.9 Å². The molecule has 1 heterocycles. The third kappa shape index (κ3) is 5.49. The van der Waals surface area contributed by atoms with Crippen molar-refractivity contribution in [2.45, 2.75) is 57.2 Å². The zero-order chi connectivity index (χ0) is 22.5. The van der Waals surface area contributed by atoms with Crippen LogP contribution in [0.15, 0.2) is 42.7 Å². The summed E-state index contributed by atoms with van der Waals surface area (Å²) in [7, 11) is 0. The number of aryl methyl sites for hydroxylation is 2. The number of aliphatic hydroxyl groups is 1. The second kappa shape index (κ2) is 10.2. The molecule has 1 aromatic heterocycles. The molecule has 170 valence electrons. The minimum atomic E-state index is -0.828. The fourth-order valence-corrected chi connectivity index (χ4v) is 4.40. The van der Waals surface area contributed by atoms with Crippen molar-refractivity contribution in [3.05, 3.63) is 76.6 Å². The maximum atomic E-state index is 13.7. The van der Waals surface area contributed by atoms with Gasteiger partial charge in [-0.15, -0.1) is 0 Å². The maximum Gasteiger partial charge on any atom is 0.218 e. The Labute approximate surface area is 186 Å². The Kier molecular flexibility index (Phi) is 7.12. The summed E-state index contributed by atoms with van der Waals surface area (Å²) < 4.78 is 27.4. The van der Waals surface area contributed by atoms with Crippen LogP contribution in [0.4, 0.5) is 14.7 Å². The number of anilines is 1. The van der Waals surface area contributed by atoms with Crippen LogP contribution in [0.3, 0.4) is 0 Å². The van der Waals surface area contributed by atoms with E-state index in [2.05, 4.69) is 50.9 Å². The minimum absolute atomic E-state index is 0.164. The number of H-pyrrole nitrogens is 1. The van der Waals surface area contributed by atoms with E-state index < -0.39 is 23.8 Å². The zero-order valence-corrected chi connectivity index (χ0v) is 18.1. The van der Waals surface area contributed by atoms with Gasteiger partial charge in [-0.05, 0) is 66.5 Å². The maximum absolute atomic E-state index is 13.7. The lowest BCUT2D eigenvalue weighted by molar-refractivity contribution is 0.143. The minimum Gasteiger partial charge on any atom is -0.390 e. The molecule has 0 saturated carbocycles. The number of aliphatic hydroxyl groups excluding tert-OH is 1. The Morgan fingerprint density at radius 2 is 1.97 bits per heavy atom. The van der Waals surface area contributed by atoms with E-state index in [0.29, 0.717) is 18.1 Å². The summed E-state index contributed by atoms with van der Waals surface area (Å²) in [5.74, 6) is -0.894. The molecular formula is C24H29F2N5O. The molecule has 0 spiro atoms. The molecule has 3 atom stereocenters. The number of aromatic nitrogens is 3. The highest BCUT2D eigenvalue weighted by Gasteiger charge is 2.25. The van der Waals surface area contributed by atoms with Crippen molar-refractivity contribution >= 4 is 5.95 Å². The van der Waals surface area contributed by atoms with E-state index in [1.807, 2.05) is 0 Å². The first-order valence-electron chi connectivity index (χ1n) is 11.1. The van der Waals surface area contributed by atoms with Gasteiger partial charge in [-0.1, -0.05) is 25.1 Å². The molecule has 6 nitrogen and oxygen atoms in total. The summed E-state index contributed by atoms with van der Waals surface area (Å²) in [5.41, 5.74) is 4.41. The number of aromatic amines is 1. The Hall–Kier alpha value is -2.84. The highest BCUT2D eigenvalue weighted by Crippen LogP contribution is 2.30. The van der Waals surface area contributed by atoms with Crippen molar-refractivity contribution in [3.63, 3.8) is 0 Å². The van der Waals surface area contributed by atoms with Crippen molar-refractivity contribution < 1.29 is 13.9 Å². The SMILES string of the molecule is CCc1ccc2c(c1)C(NCC(O)C(Cc1cc(F)cc(F)c1)Nc1ncn[nH]1)CCC2. The van der Waals surface area contributed by atoms with Gasteiger partial charge in [0.05, 0.1) is 12.1 Å². The zero-order valence-electron chi connectivity index (χ0n) is 18.1. The number of benzene rings is 2. The number of hydrogen-bond acceptors (Lipinski definition) is 5. The molecule has 0 amide bonds. The van der Waals surface area contributed by atoms with Crippen LogP contribution in [0, 0.1) is 11.6 Å². The lowest BCUT2D eigenvalue weighted by Gasteiger charge is -2.30. The Morgan fingerprint density at radius 3 is 2.69 bits per heavy atom. The van der Waals surface area contributed by atoms with Gasteiger partial charge in [-0.2, -0.15) is 5.10 Å². The molecule has 0 aliphatic heterocycles. The molecular weight excluding hydrogens is 412 g/mol. The van der Waals surface area contributed by atoms with Gasteiger partial charge in [-0.3, -0.25) is 0 Å². The van der Waals surface area contributed by atoms with Crippen molar-refractivity contribution in [2.75, 3.05) is 11.9 Å². The Bertz CT molecular complexity index is 1010. The first-order chi connectivity index (χ1) is 15.5. The quantitative estimate of drug-likeness (QED) is 0.407. The number of halogens is 2. The van der Waals surface area contributed by atoms with E-state index in [4.69, 9.17) is 0 Å². The first kappa shape index (κ1) is 22.4. The molecule has 1 aliphatic rings. The van der Waals surface area contributed by atoms with E-state index in [0.717, 1.165) is 31.7 Å². The predicted octanol–water partition coefficient (Wildman–Crippen LogP) is 3.70. The van der Waals surface area contributed by atoms with E-state index in [1.54, 1.807) is 0 Å². The van der Waals surface area contributed by atoms with Crippen LogP contribution in [0.1, 0.15) is 48.1 Å². The molecule has 3 unspecified atom stereocenters. The van der Waals surface area contributed by atoms with E-state index in [1.165, 1.54) is 35.2 Å². The number of nitrogens with zero attached hydrogens (tertiary/aromatic N) is 2. The molecule has 1 aliphatic carbocycles. The molecule has 2 aromatic carbocycles. The summed E-state index contributed by atoms with van der Waals surface area (Å²) in [6.45, 7) is 2.47. The van der Waals surface area contributed by atoms with Gasteiger partial charge in [0.25, 0.3) is 0 Å². The van der Waals surface area contributed by atoms with Gasteiger partial charge in [0.1, 0.15) is 18.0 Å². The Balaban J connectivity index is 1.47. The standard InChI is InChI=1S/C24H29F2N5O/c1-2-15-6-7-17-4-3-5-21(20(17)10-15)27-13-23(32)22(30-24-28-14-29-31-24)11-16-8-18(25)12-19(26)9-16/h6-10,12,14,21-23,27,32H,2-5,11,13H2,1H3,(H2,28,29,30,31). The van der Waals surface area contributed by atoms with Gasteiger partial charge in [0.15, 0.2) is 0 Å². The summed E-state index contributed by atoms with van der Waals surface area (Å²) in [4.78, 5) is 4.06. The summed E-state index contributed by atoms with van der Waals surface area (Å²) in [5, 5.41) is 24.2. The summed E-state index contributed by atoms with van der Waals surface area (Å²) in [6, 6.07) is 9.70. The van der Waals surface area contributed by atoms with Crippen LogP contribution in [0.5, 0.6) is 0 Å². The second-order valence-corrected chi connectivity index (χ2v) is 8.37. The number of hydrogen-bond donors (Lipinski definition) is 4. The fraction of sp³-hybridized carbons (Fsp3) is 0.417. The number of nitrogens with one attached hydrogen (secondary N) is 3. The van der Waals surface area contributed by atoms with Crippen LogP contribution < -0.4 is 10.6 Å². The monoisotopic (exact) mass is 441 g/mol. The van der Waals surface area contributed by atoms with Gasteiger partial charge in [0, 0.05) is 18.7 Å². The third-order valence-corrected chi connectivity index (χ3v) is 6.09. The van der Waals surface area contributed by atoms with Gasteiger partial charge >= 0.3 is 0 Å². The lowest BCUT2D eigenvalue weighted by atomic mass is 9.86. The average Bonchev–Trinajstić information content (AvgIpc) is 3.29. The molecule has 0 saturated heterocycles. The largest absolute Gasteiger partial charge is 0.390 e. The van der Waals surface area contributed by atoms with Gasteiger partial charge in [0.2, 0.25) is 5.95 Å². The predicted molar refractivity (Wildman–Crippen MR) is 119 cm³/mol. The molecule has 8 heteroatoms. The van der Waals surface area contributed by atoms with Crippen molar-refractivity contribution in [1.82, 2.24) is 20.5 Å². The summed E-state index contributed by atoms with van der Waals surface area (Å²) >= 11 is 0. The third-order valence-electron chi connectivity index (χ3n) is 6.09. The number of fused-ring (bicyclic) bond motifs is 1. The van der Waals surface area contributed by atoms with E-state index >= 15 is 0 Å². The van der Waals surface area contributed by atoms with Crippen molar-refractivity contribution in [2.24, 2.45) is 0 Å². The topological polar surface area (TPSA) is 85.9 Å². The highest BCUT2D eigenvalue weighted by molar-refractivity contribution is 5.36. The van der Waals surface area contributed by atoms with Crippen molar-refractivity contribution in [1.29, 1.82) is 0 Å². The Morgan fingerprint density at radius 1 is 1.16 bits per heavy atom. The fourth-order valence-electron chi connectivity index (χ4n) is 4.40. The van der Waals surface area contributed by atoms with Crippen LogP contribution in [-0.4, -0.2) is 39.0 Å². The smallest absolute Gasteiger partial charge is 0.218 e. The van der Waals surface area contributed by atoms with Crippen molar-refractivity contribution in [3.8, 4) is 0 Å². The van der Waals surface area contributed by atoms with Crippen LogP contribution in [-0.2, 0) is 19.3 Å². The molecule has 0 fully saturated rings. The van der Waals surface area contributed by atoms with Crippen LogP contribution >= 0.6 is 0 Å². The van der Waals surface area contributed by atoms with E-state index in [-0.39, 0.29) is 12.5 Å². The molecule has 0 bridgehead atoms. The molecule has 0 radical (unpaired) electrons. The average molecular weight is 442 g/mol. The first-order valence-corrected chi connectivity index (χ1v) is 11.1. The molecule has 4 N–H and O–H groups in total. The van der Waals surface area contributed by atoms with Gasteiger partial charge < -0.3 is 15.7 Å². The molecule has 32 heavy (non-hydrogen) atoms. The van der Waals surface area contributed by atoms with Gasteiger partial charge in [-0.25, -0.2) is 18.9 Å². The molecule has 3 aromatic rings. The lowest BCUT2D eigenvalue weighted by Crippen LogP contribution is -2.43. The summed E-state index contributed by atoms with van der Waals surface area (Å²) in [6.07, 6.45) is 4.90. The second-order valence-electron chi connectivity index (χ2n) is 8.37. The number of rotatable bonds is 9. The van der Waals surface area contributed by atoms with Crippen LogP contribution in [0.2, 0.25) is 0 Å².